The van der Waals surface area contributed by atoms with Crippen LogP contribution in [-0.2, 0) is 6.54 Å². The molecule has 0 bridgehead atoms. The van der Waals surface area contributed by atoms with Crippen molar-refractivity contribution in [3.8, 4) is 0 Å². The van der Waals surface area contributed by atoms with E-state index in [9.17, 15) is 14.9 Å². The van der Waals surface area contributed by atoms with Gasteiger partial charge >= 0.3 is 5.82 Å². The number of rotatable bonds is 5. The van der Waals surface area contributed by atoms with Gasteiger partial charge in [-0.1, -0.05) is 35.9 Å². The number of hydrogen-bond donors (Lipinski definition) is 1. The molecule has 26 heavy (non-hydrogen) atoms. The normalized spacial score (nSPS) is 10.5. The van der Waals surface area contributed by atoms with Crippen LogP contribution in [0.2, 0.25) is 5.02 Å². The molecule has 0 spiro atoms. The van der Waals surface area contributed by atoms with Gasteiger partial charge < -0.3 is 15.4 Å². The monoisotopic (exact) mass is 434 g/mol. The maximum absolute atomic E-state index is 12.4. The lowest BCUT2D eigenvalue weighted by molar-refractivity contribution is -0.390. The van der Waals surface area contributed by atoms with Gasteiger partial charge in [-0.05, 0) is 50.7 Å². The summed E-state index contributed by atoms with van der Waals surface area (Å²) in [6.07, 6.45) is 1.52. The third kappa shape index (κ3) is 4.09. The van der Waals surface area contributed by atoms with Crippen molar-refractivity contribution >= 4 is 44.9 Å². The van der Waals surface area contributed by atoms with Crippen molar-refractivity contribution in [2.24, 2.45) is 0 Å². The molecule has 0 aliphatic carbocycles. The number of aromatic nitrogens is 2. The summed E-state index contributed by atoms with van der Waals surface area (Å²) in [4.78, 5) is 22.7. The van der Waals surface area contributed by atoms with Crippen molar-refractivity contribution in [3.63, 3.8) is 0 Å². The van der Waals surface area contributed by atoms with E-state index in [0.29, 0.717) is 27.3 Å². The molecule has 1 N–H and O–H groups in total. The lowest BCUT2D eigenvalue weighted by Crippen LogP contribution is -2.13. The average molecular weight is 436 g/mol. The van der Waals surface area contributed by atoms with E-state index in [1.54, 1.807) is 42.5 Å². The second-order valence-electron chi connectivity index (χ2n) is 5.39. The molecule has 0 radical (unpaired) electrons. The van der Waals surface area contributed by atoms with Gasteiger partial charge in [0.25, 0.3) is 5.91 Å². The molecule has 2 aromatic carbocycles. The number of hydrogen-bond acceptors (Lipinski definition) is 4. The van der Waals surface area contributed by atoms with Crippen molar-refractivity contribution < 1.29 is 9.72 Å². The largest absolute Gasteiger partial charge is 0.404 e. The zero-order valence-corrected chi connectivity index (χ0v) is 15.6. The predicted molar refractivity (Wildman–Crippen MR) is 102 cm³/mol. The van der Waals surface area contributed by atoms with Crippen LogP contribution in [0.4, 0.5) is 11.5 Å². The molecule has 7 nitrogen and oxygen atoms in total. The highest BCUT2D eigenvalue weighted by molar-refractivity contribution is 9.10. The third-order valence-corrected chi connectivity index (χ3v) is 4.42. The van der Waals surface area contributed by atoms with Crippen LogP contribution in [0.25, 0.3) is 0 Å². The highest BCUT2D eigenvalue weighted by Gasteiger charge is 2.18. The van der Waals surface area contributed by atoms with E-state index < -0.39 is 4.92 Å². The van der Waals surface area contributed by atoms with Crippen LogP contribution >= 0.6 is 27.5 Å². The van der Waals surface area contributed by atoms with Crippen LogP contribution in [0.3, 0.4) is 0 Å². The summed E-state index contributed by atoms with van der Waals surface area (Å²) < 4.78 is 1.74. The van der Waals surface area contributed by atoms with Crippen molar-refractivity contribution in [3.05, 3.63) is 85.5 Å². The minimum Gasteiger partial charge on any atom is -0.358 e. The smallest absolute Gasteiger partial charge is 0.358 e. The van der Waals surface area contributed by atoms with Crippen LogP contribution in [0.15, 0.2) is 59.2 Å². The standard InChI is InChI=1S/C17H12BrClN4O3/c18-13-10-22(21-16(13)23(25)26)9-11-4-3-5-12(8-11)17(24)20-15-7-2-1-6-14(15)19/h1-8,10H,9H2,(H,20,24). The molecule has 1 aromatic heterocycles. The summed E-state index contributed by atoms with van der Waals surface area (Å²) in [5, 5.41) is 18.0. The number of nitro groups is 1. The Morgan fingerprint density at radius 1 is 1.27 bits per heavy atom. The van der Waals surface area contributed by atoms with Crippen LogP contribution in [-0.4, -0.2) is 20.6 Å². The Labute approximate surface area is 161 Å². The molecule has 9 heteroatoms. The minimum atomic E-state index is -0.561. The molecule has 0 aliphatic heterocycles. The summed E-state index contributed by atoms with van der Waals surface area (Å²) >= 11 is 9.16. The maximum atomic E-state index is 12.4. The van der Waals surface area contributed by atoms with E-state index in [-0.39, 0.29) is 11.7 Å². The van der Waals surface area contributed by atoms with Gasteiger partial charge in [-0.15, -0.1) is 0 Å². The molecule has 0 atom stereocenters. The van der Waals surface area contributed by atoms with Crippen molar-refractivity contribution in [1.29, 1.82) is 0 Å². The first-order valence-electron chi connectivity index (χ1n) is 7.46. The van der Waals surface area contributed by atoms with Crippen molar-refractivity contribution in [2.75, 3.05) is 5.32 Å². The first-order chi connectivity index (χ1) is 12.4. The fourth-order valence-electron chi connectivity index (χ4n) is 2.35. The van der Waals surface area contributed by atoms with Crippen LogP contribution < -0.4 is 5.32 Å². The molecule has 0 fully saturated rings. The van der Waals surface area contributed by atoms with Gasteiger partial charge in [-0.2, -0.15) is 4.68 Å². The van der Waals surface area contributed by atoms with E-state index in [2.05, 4.69) is 26.3 Å². The minimum absolute atomic E-state index is 0.252. The van der Waals surface area contributed by atoms with E-state index in [1.165, 1.54) is 10.9 Å². The molecule has 0 aliphatic rings. The van der Waals surface area contributed by atoms with Gasteiger partial charge in [0.05, 0.1) is 28.6 Å². The van der Waals surface area contributed by atoms with Crippen LogP contribution in [0.1, 0.15) is 15.9 Å². The molecule has 132 valence electrons. The predicted octanol–water partition coefficient (Wildman–Crippen LogP) is 4.51. The Hall–Kier alpha value is -2.71. The molecule has 0 saturated heterocycles. The Morgan fingerprint density at radius 3 is 2.73 bits per heavy atom. The molecule has 0 unspecified atom stereocenters. The Kier molecular flexibility index (Phi) is 5.34. The quantitative estimate of drug-likeness (QED) is 0.472. The van der Waals surface area contributed by atoms with Crippen LogP contribution in [0.5, 0.6) is 0 Å². The molecule has 1 amide bonds. The number of benzene rings is 2. The SMILES string of the molecule is O=C(Nc1ccccc1Cl)c1cccc(Cn2cc(Br)c([N+](=O)[O-])n2)c1. The van der Waals surface area contributed by atoms with E-state index in [0.717, 1.165) is 5.56 Å². The van der Waals surface area contributed by atoms with Gasteiger partial charge in [-0.3, -0.25) is 4.79 Å². The number of para-hydroxylation sites is 1. The number of nitrogens with zero attached hydrogens (tertiary/aromatic N) is 3. The molecule has 3 rings (SSSR count). The fraction of sp³-hybridized carbons (Fsp3) is 0.0588. The van der Waals surface area contributed by atoms with Gasteiger partial charge in [0, 0.05) is 5.56 Å². The number of carbonyl (C=O) groups excluding carboxylic acids is 1. The number of carbonyl (C=O) groups is 1. The maximum Gasteiger partial charge on any atom is 0.404 e. The van der Waals surface area contributed by atoms with Gasteiger partial charge in [0.1, 0.15) is 4.47 Å². The van der Waals surface area contributed by atoms with Gasteiger partial charge in [0.15, 0.2) is 0 Å². The van der Waals surface area contributed by atoms with Crippen LogP contribution in [0, 0.1) is 10.1 Å². The highest BCUT2D eigenvalue weighted by atomic mass is 79.9. The first kappa shape index (κ1) is 18.1. The zero-order valence-electron chi connectivity index (χ0n) is 13.2. The number of nitrogens with one attached hydrogen (secondary N) is 1. The zero-order chi connectivity index (χ0) is 18.7. The van der Waals surface area contributed by atoms with Crippen molar-refractivity contribution in [2.45, 2.75) is 6.54 Å². The summed E-state index contributed by atoms with van der Waals surface area (Å²) in [6, 6.07) is 13.9. The fourth-order valence-corrected chi connectivity index (χ4v) is 2.99. The Morgan fingerprint density at radius 2 is 2.04 bits per heavy atom. The molecular formula is C17H12BrClN4O3. The summed E-state index contributed by atoms with van der Waals surface area (Å²) in [5.41, 5.74) is 1.75. The number of halogens is 2. The highest BCUT2D eigenvalue weighted by Crippen LogP contribution is 2.23. The molecule has 0 saturated carbocycles. The van der Waals surface area contributed by atoms with E-state index in [1.807, 2.05) is 6.07 Å². The Bertz CT molecular complexity index is 990. The molecule has 1 heterocycles. The summed E-state index contributed by atoms with van der Waals surface area (Å²) in [7, 11) is 0. The second-order valence-corrected chi connectivity index (χ2v) is 6.65. The van der Waals surface area contributed by atoms with Crippen molar-refractivity contribution in [1.82, 2.24) is 9.78 Å². The second kappa shape index (κ2) is 7.67. The first-order valence-corrected chi connectivity index (χ1v) is 8.63. The lowest BCUT2D eigenvalue weighted by atomic mass is 10.1. The van der Waals surface area contributed by atoms with Gasteiger partial charge in [0.2, 0.25) is 0 Å². The van der Waals surface area contributed by atoms with Gasteiger partial charge in [-0.25, -0.2) is 0 Å². The van der Waals surface area contributed by atoms with E-state index >= 15 is 0 Å². The third-order valence-electron chi connectivity index (χ3n) is 3.53. The summed E-state index contributed by atoms with van der Waals surface area (Å²) in [6.45, 7) is 0.291. The molecule has 3 aromatic rings. The van der Waals surface area contributed by atoms with E-state index in [4.69, 9.17) is 11.6 Å². The topological polar surface area (TPSA) is 90.1 Å². The molecular weight excluding hydrogens is 424 g/mol. The number of anilines is 1. The number of amides is 1. The summed E-state index contributed by atoms with van der Waals surface area (Å²) in [5.74, 6) is -0.551. The lowest BCUT2D eigenvalue weighted by Gasteiger charge is -2.08. The average Bonchev–Trinajstić information content (AvgIpc) is 2.97. The Balaban J connectivity index is 1.78.